The van der Waals surface area contributed by atoms with Crippen molar-refractivity contribution in [2.24, 2.45) is 0 Å². The highest BCUT2D eigenvalue weighted by Crippen LogP contribution is 2.25. The molecule has 0 radical (unpaired) electrons. The predicted octanol–water partition coefficient (Wildman–Crippen LogP) is 0.334. The predicted molar refractivity (Wildman–Crippen MR) is 58.2 cm³/mol. The third-order valence-electron chi connectivity index (χ3n) is 1.86. The lowest BCUT2D eigenvalue weighted by Gasteiger charge is -2.07. The van der Waals surface area contributed by atoms with E-state index < -0.39 is 4.92 Å². The van der Waals surface area contributed by atoms with E-state index in [2.05, 4.69) is 15.3 Å². The molecule has 0 atom stereocenters. The van der Waals surface area contributed by atoms with Gasteiger partial charge in [-0.15, -0.1) is 0 Å². The lowest BCUT2D eigenvalue weighted by molar-refractivity contribution is -0.385. The van der Waals surface area contributed by atoms with Gasteiger partial charge in [-0.3, -0.25) is 10.1 Å². The average molecular weight is 227 g/mol. The fraction of sp³-hybridized carbons (Fsp3) is 0.500. The van der Waals surface area contributed by atoms with Crippen molar-refractivity contribution >= 4 is 17.5 Å². The van der Waals surface area contributed by atoms with Gasteiger partial charge in [0.25, 0.3) is 0 Å². The topological polar surface area (TPSA) is 116 Å². The fourth-order valence-electron chi connectivity index (χ4n) is 1.20. The molecular weight excluding hydrogens is 214 g/mol. The van der Waals surface area contributed by atoms with Crippen LogP contribution in [0, 0.1) is 17.0 Å². The summed E-state index contributed by atoms with van der Waals surface area (Å²) in [4.78, 5) is 17.8. The van der Waals surface area contributed by atoms with Gasteiger partial charge in [0.2, 0.25) is 11.8 Å². The van der Waals surface area contributed by atoms with Crippen molar-refractivity contribution in [2.75, 3.05) is 31.3 Å². The summed E-state index contributed by atoms with van der Waals surface area (Å²) in [6.45, 7) is 2.34. The molecular formula is C8H13N5O3. The summed E-state index contributed by atoms with van der Waals surface area (Å²) in [7, 11) is 1.54. The third-order valence-corrected chi connectivity index (χ3v) is 1.86. The summed E-state index contributed by atoms with van der Waals surface area (Å²) in [6, 6.07) is 0. The second-order valence-electron chi connectivity index (χ2n) is 3.04. The molecule has 0 aliphatic carbocycles. The minimum absolute atomic E-state index is 0.00279. The van der Waals surface area contributed by atoms with Crippen molar-refractivity contribution in [3.63, 3.8) is 0 Å². The minimum atomic E-state index is -0.538. The van der Waals surface area contributed by atoms with E-state index in [1.54, 1.807) is 0 Å². The van der Waals surface area contributed by atoms with Gasteiger partial charge in [-0.1, -0.05) is 0 Å². The number of nitrogens with two attached hydrogens (primary N) is 1. The van der Waals surface area contributed by atoms with Crippen LogP contribution in [0.3, 0.4) is 0 Å². The molecule has 0 saturated heterocycles. The average Bonchev–Trinajstić information content (AvgIpc) is 2.16. The third kappa shape index (κ3) is 2.76. The highest BCUT2D eigenvalue weighted by molar-refractivity contribution is 5.60. The largest absolute Gasteiger partial charge is 0.383 e. The van der Waals surface area contributed by atoms with Gasteiger partial charge in [-0.05, 0) is 6.92 Å². The van der Waals surface area contributed by atoms with Crippen LogP contribution in [0.1, 0.15) is 5.69 Å². The number of nitrogen functional groups attached to an aromatic ring is 1. The maximum Gasteiger partial charge on any atom is 0.332 e. The lowest BCUT2D eigenvalue weighted by Crippen LogP contribution is -2.13. The van der Waals surface area contributed by atoms with Crippen molar-refractivity contribution < 1.29 is 9.66 Å². The standard InChI is InChI=1S/C8H13N5O3/c1-5-6(13(14)15)7(10-3-4-16-2)12-8(9)11-5/h3-4H2,1-2H3,(H3,9,10,11,12). The van der Waals surface area contributed by atoms with E-state index >= 15 is 0 Å². The fourth-order valence-corrected chi connectivity index (χ4v) is 1.20. The Hall–Kier alpha value is -1.96. The molecule has 1 aromatic heterocycles. The van der Waals surface area contributed by atoms with Gasteiger partial charge in [0.15, 0.2) is 0 Å². The molecule has 0 spiro atoms. The molecule has 1 heterocycles. The number of aromatic nitrogens is 2. The minimum Gasteiger partial charge on any atom is -0.383 e. The van der Waals surface area contributed by atoms with Crippen LogP contribution >= 0.6 is 0 Å². The maximum absolute atomic E-state index is 10.8. The lowest BCUT2D eigenvalue weighted by atomic mass is 10.3. The highest BCUT2D eigenvalue weighted by atomic mass is 16.6. The molecule has 0 aliphatic rings. The molecule has 1 rings (SSSR count). The van der Waals surface area contributed by atoms with Crippen LogP contribution in [0.4, 0.5) is 17.5 Å². The van der Waals surface area contributed by atoms with Crippen LogP contribution in [0.2, 0.25) is 0 Å². The summed E-state index contributed by atoms with van der Waals surface area (Å²) < 4.78 is 4.82. The van der Waals surface area contributed by atoms with Crippen LogP contribution in [-0.2, 0) is 4.74 Å². The number of ether oxygens (including phenoxy) is 1. The van der Waals surface area contributed by atoms with E-state index in [9.17, 15) is 10.1 Å². The van der Waals surface area contributed by atoms with Crippen molar-refractivity contribution in [2.45, 2.75) is 6.92 Å². The molecule has 0 unspecified atom stereocenters. The first kappa shape index (κ1) is 12.1. The van der Waals surface area contributed by atoms with E-state index in [0.29, 0.717) is 13.2 Å². The molecule has 88 valence electrons. The number of nitrogens with zero attached hydrogens (tertiary/aromatic N) is 3. The highest BCUT2D eigenvalue weighted by Gasteiger charge is 2.20. The van der Waals surface area contributed by atoms with E-state index in [1.165, 1.54) is 14.0 Å². The monoisotopic (exact) mass is 227 g/mol. The summed E-state index contributed by atoms with van der Waals surface area (Å²) in [5.74, 6) is 0.120. The Kier molecular flexibility index (Phi) is 3.95. The second-order valence-corrected chi connectivity index (χ2v) is 3.04. The van der Waals surface area contributed by atoms with Crippen LogP contribution in [-0.4, -0.2) is 35.2 Å². The van der Waals surface area contributed by atoms with E-state index in [-0.39, 0.29) is 23.1 Å². The van der Waals surface area contributed by atoms with Gasteiger partial charge >= 0.3 is 5.69 Å². The van der Waals surface area contributed by atoms with Gasteiger partial charge in [-0.25, -0.2) is 4.98 Å². The van der Waals surface area contributed by atoms with Crippen LogP contribution in [0.15, 0.2) is 0 Å². The maximum atomic E-state index is 10.8. The quantitative estimate of drug-likeness (QED) is 0.423. The van der Waals surface area contributed by atoms with Crippen LogP contribution in [0.25, 0.3) is 0 Å². The number of rotatable bonds is 5. The Labute approximate surface area is 92.0 Å². The van der Waals surface area contributed by atoms with Gasteiger partial charge in [-0.2, -0.15) is 4.98 Å². The van der Waals surface area contributed by atoms with Crippen molar-refractivity contribution in [3.8, 4) is 0 Å². The smallest absolute Gasteiger partial charge is 0.332 e. The van der Waals surface area contributed by atoms with E-state index in [4.69, 9.17) is 10.5 Å². The van der Waals surface area contributed by atoms with Crippen molar-refractivity contribution in [1.82, 2.24) is 9.97 Å². The first-order chi connectivity index (χ1) is 7.56. The SMILES string of the molecule is COCCNc1nc(N)nc(C)c1[N+](=O)[O-]. The first-order valence-corrected chi connectivity index (χ1v) is 4.57. The Morgan fingerprint density at radius 1 is 1.56 bits per heavy atom. The molecule has 3 N–H and O–H groups in total. The molecule has 0 aliphatic heterocycles. The van der Waals surface area contributed by atoms with Gasteiger partial charge < -0.3 is 15.8 Å². The van der Waals surface area contributed by atoms with E-state index in [1.807, 2.05) is 0 Å². The number of hydrogen-bond donors (Lipinski definition) is 2. The molecule has 16 heavy (non-hydrogen) atoms. The Morgan fingerprint density at radius 3 is 2.81 bits per heavy atom. The summed E-state index contributed by atoms with van der Waals surface area (Å²) >= 11 is 0. The van der Waals surface area contributed by atoms with Crippen LogP contribution in [0.5, 0.6) is 0 Å². The Balaban J connectivity index is 2.99. The van der Waals surface area contributed by atoms with Crippen molar-refractivity contribution in [1.29, 1.82) is 0 Å². The first-order valence-electron chi connectivity index (χ1n) is 4.57. The molecule has 0 saturated carbocycles. The van der Waals surface area contributed by atoms with Gasteiger partial charge in [0, 0.05) is 13.7 Å². The zero-order valence-electron chi connectivity index (χ0n) is 9.06. The second kappa shape index (κ2) is 5.21. The zero-order valence-corrected chi connectivity index (χ0v) is 9.06. The Morgan fingerprint density at radius 2 is 2.25 bits per heavy atom. The number of anilines is 2. The number of hydrogen-bond acceptors (Lipinski definition) is 7. The van der Waals surface area contributed by atoms with Gasteiger partial charge in [0.05, 0.1) is 11.5 Å². The van der Waals surface area contributed by atoms with E-state index in [0.717, 1.165) is 0 Å². The molecule has 0 aromatic carbocycles. The summed E-state index contributed by atoms with van der Waals surface area (Å²) in [6.07, 6.45) is 0. The number of nitrogens with one attached hydrogen (secondary N) is 1. The number of methoxy groups -OCH3 is 1. The molecule has 8 heteroatoms. The number of aryl methyl sites for hydroxylation is 1. The zero-order chi connectivity index (χ0) is 12.1. The normalized spacial score (nSPS) is 10.1. The van der Waals surface area contributed by atoms with Crippen LogP contribution < -0.4 is 11.1 Å². The molecule has 0 amide bonds. The number of nitro groups is 1. The Bertz CT molecular complexity index is 396. The molecule has 0 fully saturated rings. The molecule has 0 bridgehead atoms. The molecule has 8 nitrogen and oxygen atoms in total. The van der Waals surface area contributed by atoms with Gasteiger partial charge in [0.1, 0.15) is 5.69 Å². The summed E-state index contributed by atoms with van der Waals surface area (Å²) in [5.41, 5.74) is 5.49. The van der Waals surface area contributed by atoms with Crippen molar-refractivity contribution in [3.05, 3.63) is 15.8 Å². The molecule has 1 aromatic rings. The summed E-state index contributed by atoms with van der Waals surface area (Å²) in [5, 5.41) is 13.6.